The van der Waals surface area contributed by atoms with E-state index in [1.54, 1.807) is 12.4 Å². The molecule has 1 aromatic rings. The summed E-state index contributed by atoms with van der Waals surface area (Å²) in [5, 5.41) is 3.25. The lowest BCUT2D eigenvalue weighted by molar-refractivity contribution is 0.224. The predicted molar refractivity (Wildman–Crippen MR) is 79.3 cm³/mol. The fourth-order valence-corrected chi connectivity index (χ4v) is 2.59. The lowest BCUT2D eigenvalue weighted by Crippen LogP contribution is -2.30. The van der Waals surface area contributed by atoms with E-state index in [1.165, 1.54) is 64.6 Å². The van der Waals surface area contributed by atoms with E-state index in [0.29, 0.717) is 0 Å². The monoisotopic (exact) mass is 262 g/mol. The fourth-order valence-electron chi connectivity index (χ4n) is 2.59. The molecule has 1 aliphatic heterocycles. The zero-order valence-electron chi connectivity index (χ0n) is 11.9. The molecule has 1 saturated heterocycles. The van der Waals surface area contributed by atoms with Crippen molar-refractivity contribution >= 4 is 5.95 Å². The van der Waals surface area contributed by atoms with E-state index in [1.807, 2.05) is 6.07 Å². The number of rotatable bonds is 8. The summed E-state index contributed by atoms with van der Waals surface area (Å²) in [4.78, 5) is 10.9. The van der Waals surface area contributed by atoms with Crippen molar-refractivity contribution < 1.29 is 0 Å². The van der Waals surface area contributed by atoms with Crippen LogP contribution in [-0.2, 0) is 0 Å². The highest BCUT2D eigenvalue weighted by atomic mass is 15.1. The van der Waals surface area contributed by atoms with Gasteiger partial charge in [0.25, 0.3) is 0 Å². The summed E-state index contributed by atoms with van der Waals surface area (Å²) >= 11 is 0. The van der Waals surface area contributed by atoms with Crippen molar-refractivity contribution in [1.82, 2.24) is 14.9 Å². The highest BCUT2D eigenvalue weighted by Crippen LogP contribution is 2.10. The summed E-state index contributed by atoms with van der Waals surface area (Å²) in [5.74, 6) is 0.746. The molecular formula is C15H26N4. The molecule has 4 heteroatoms. The number of anilines is 1. The number of piperidine rings is 1. The van der Waals surface area contributed by atoms with Gasteiger partial charge in [0, 0.05) is 18.9 Å². The Labute approximate surface area is 116 Å². The molecule has 106 valence electrons. The number of unbranched alkanes of at least 4 members (excludes halogenated alkanes) is 3. The maximum Gasteiger partial charge on any atom is 0.222 e. The van der Waals surface area contributed by atoms with Crippen LogP contribution >= 0.6 is 0 Å². The molecule has 0 atom stereocenters. The van der Waals surface area contributed by atoms with E-state index in [-0.39, 0.29) is 0 Å². The van der Waals surface area contributed by atoms with E-state index in [0.717, 1.165) is 12.5 Å². The van der Waals surface area contributed by atoms with E-state index < -0.39 is 0 Å². The molecule has 0 aromatic carbocycles. The summed E-state index contributed by atoms with van der Waals surface area (Å²) in [7, 11) is 0. The van der Waals surface area contributed by atoms with Crippen molar-refractivity contribution in [3.63, 3.8) is 0 Å². The van der Waals surface area contributed by atoms with Crippen LogP contribution in [0.3, 0.4) is 0 Å². The van der Waals surface area contributed by atoms with Gasteiger partial charge in [0.15, 0.2) is 0 Å². The first kappa shape index (κ1) is 14.3. The van der Waals surface area contributed by atoms with Crippen LogP contribution in [0, 0.1) is 0 Å². The third-order valence-corrected chi connectivity index (χ3v) is 3.70. The summed E-state index contributed by atoms with van der Waals surface area (Å²) < 4.78 is 0. The minimum absolute atomic E-state index is 0.746. The molecule has 0 saturated carbocycles. The summed E-state index contributed by atoms with van der Waals surface area (Å²) in [6, 6.07) is 1.84. The second kappa shape index (κ2) is 8.86. The maximum absolute atomic E-state index is 4.14. The van der Waals surface area contributed by atoms with Gasteiger partial charge in [0.2, 0.25) is 5.95 Å². The number of nitrogens with zero attached hydrogens (tertiary/aromatic N) is 3. The maximum atomic E-state index is 4.14. The molecule has 0 radical (unpaired) electrons. The van der Waals surface area contributed by atoms with Gasteiger partial charge in [-0.1, -0.05) is 19.3 Å². The zero-order chi connectivity index (χ0) is 13.2. The van der Waals surface area contributed by atoms with Crippen LogP contribution in [-0.4, -0.2) is 41.0 Å². The van der Waals surface area contributed by atoms with Crippen LogP contribution in [0.25, 0.3) is 0 Å². The van der Waals surface area contributed by atoms with Crippen LogP contribution in [0.2, 0.25) is 0 Å². The number of aromatic nitrogens is 2. The highest BCUT2D eigenvalue weighted by molar-refractivity contribution is 5.21. The van der Waals surface area contributed by atoms with Crippen molar-refractivity contribution in [2.75, 3.05) is 31.5 Å². The lowest BCUT2D eigenvalue weighted by Gasteiger charge is -2.26. The van der Waals surface area contributed by atoms with Crippen LogP contribution in [0.4, 0.5) is 5.95 Å². The molecule has 0 bridgehead atoms. The fraction of sp³-hybridized carbons (Fsp3) is 0.733. The smallest absolute Gasteiger partial charge is 0.222 e. The minimum Gasteiger partial charge on any atom is -0.354 e. The molecule has 1 N–H and O–H groups in total. The Balaban J connectivity index is 1.42. The first-order valence-electron chi connectivity index (χ1n) is 7.68. The second-order valence-corrected chi connectivity index (χ2v) is 5.32. The summed E-state index contributed by atoms with van der Waals surface area (Å²) in [5.41, 5.74) is 0. The van der Waals surface area contributed by atoms with Gasteiger partial charge in [-0.15, -0.1) is 0 Å². The Hall–Kier alpha value is -1.16. The molecule has 0 aliphatic carbocycles. The molecule has 0 amide bonds. The molecule has 1 fully saturated rings. The van der Waals surface area contributed by atoms with Gasteiger partial charge in [-0.3, -0.25) is 0 Å². The van der Waals surface area contributed by atoms with E-state index in [9.17, 15) is 0 Å². The van der Waals surface area contributed by atoms with Crippen LogP contribution in [0.15, 0.2) is 18.5 Å². The molecule has 1 aromatic heterocycles. The van der Waals surface area contributed by atoms with Crippen molar-refractivity contribution in [3.05, 3.63) is 18.5 Å². The van der Waals surface area contributed by atoms with Gasteiger partial charge in [-0.05, 0) is 51.4 Å². The third-order valence-electron chi connectivity index (χ3n) is 3.70. The quantitative estimate of drug-likeness (QED) is 0.731. The molecular weight excluding hydrogens is 236 g/mol. The first-order chi connectivity index (χ1) is 9.45. The largest absolute Gasteiger partial charge is 0.354 e. The molecule has 0 spiro atoms. The minimum atomic E-state index is 0.746. The van der Waals surface area contributed by atoms with Crippen molar-refractivity contribution in [1.29, 1.82) is 0 Å². The Kier molecular flexibility index (Phi) is 6.65. The van der Waals surface area contributed by atoms with Crippen LogP contribution in [0.1, 0.15) is 44.9 Å². The lowest BCUT2D eigenvalue weighted by atomic mass is 10.1. The predicted octanol–water partition coefficient (Wildman–Crippen LogP) is 2.93. The van der Waals surface area contributed by atoms with E-state index in [4.69, 9.17) is 0 Å². The summed E-state index contributed by atoms with van der Waals surface area (Å²) in [6.07, 6.45) is 13.0. The zero-order valence-corrected chi connectivity index (χ0v) is 11.9. The standard InChI is InChI=1S/C15H26N4/c1(2-5-12-19-13-6-3-7-14-19)4-9-16-15-17-10-8-11-18-15/h8,10-11H,1-7,9,12-14H2,(H,16,17,18). The molecule has 1 aliphatic rings. The Morgan fingerprint density at radius 3 is 2.47 bits per heavy atom. The molecule has 4 nitrogen and oxygen atoms in total. The van der Waals surface area contributed by atoms with Gasteiger partial charge in [0.05, 0.1) is 0 Å². The number of likely N-dealkylation sites (tertiary alicyclic amines) is 1. The number of hydrogen-bond donors (Lipinski definition) is 1. The first-order valence-corrected chi connectivity index (χ1v) is 7.68. The van der Waals surface area contributed by atoms with Crippen LogP contribution < -0.4 is 5.32 Å². The van der Waals surface area contributed by atoms with Gasteiger partial charge in [0.1, 0.15) is 0 Å². The van der Waals surface area contributed by atoms with Gasteiger partial charge in [-0.2, -0.15) is 0 Å². The molecule has 2 heterocycles. The highest BCUT2D eigenvalue weighted by Gasteiger charge is 2.08. The molecule has 19 heavy (non-hydrogen) atoms. The normalized spacial score (nSPS) is 16.4. The second-order valence-electron chi connectivity index (χ2n) is 5.32. The van der Waals surface area contributed by atoms with Gasteiger partial charge in [-0.25, -0.2) is 9.97 Å². The Bertz CT molecular complexity index is 322. The number of nitrogens with one attached hydrogen (secondary N) is 1. The molecule has 0 unspecified atom stereocenters. The third kappa shape index (κ3) is 6.01. The van der Waals surface area contributed by atoms with Crippen molar-refractivity contribution in [3.8, 4) is 0 Å². The average molecular weight is 262 g/mol. The van der Waals surface area contributed by atoms with E-state index in [2.05, 4.69) is 20.2 Å². The van der Waals surface area contributed by atoms with Gasteiger partial charge < -0.3 is 10.2 Å². The number of hydrogen-bond acceptors (Lipinski definition) is 4. The van der Waals surface area contributed by atoms with Gasteiger partial charge >= 0.3 is 0 Å². The Morgan fingerprint density at radius 2 is 1.68 bits per heavy atom. The Morgan fingerprint density at radius 1 is 0.947 bits per heavy atom. The van der Waals surface area contributed by atoms with Crippen LogP contribution in [0.5, 0.6) is 0 Å². The van der Waals surface area contributed by atoms with Crippen molar-refractivity contribution in [2.45, 2.75) is 44.9 Å². The topological polar surface area (TPSA) is 41.1 Å². The SMILES string of the molecule is c1cnc(NCCCCCCN2CCCCC2)nc1. The molecule has 2 rings (SSSR count). The average Bonchev–Trinajstić information content (AvgIpc) is 2.48. The van der Waals surface area contributed by atoms with E-state index >= 15 is 0 Å². The summed E-state index contributed by atoms with van der Waals surface area (Å²) in [6.45, 7) is 4.93. The van der Waals surface area contributed by atoms with Crippen molar-refractivity contribution in [2.24, 2.45) is 0 Å².